The molecule has 0 aliphatic heterocycles. The largest absolute Gasteiger partial charge is 0.451 e. The number of rotatable bonds is 3. The van der Waals surface area contributed by atoms with Crippen LogP contribution >= 0.6 is 22.6 Å². The molecule has 0 unspecified atom stereocenters. The van der Waals surface area contributed by atoms with Gasteiger partial charge >= 0.3 is 0 Å². The fraction of sp³-hybridized carbons (Fsp3) is 0.200. The molecule has 0 amide bonds. The van der Waals surface area contributed by atoms with Crippen LogP contribution in [-0.4, -0.2) is 11.6 Å². The molecule has 0 radical (unpaired) electrons. The SMILES string of the molecule is CC(=O)C(=Cc1ccc(I)o1)C(C)=O. The minimum atomic E-state index is -0.246. The summed E-state index contributed by atoms with van der Waals surface area (Å²) in [5.74, 6) is 0.0302. The minimum Gasteiger partial charge on any atom is -0.451 e. The predicted octanol–water partition coefficient (Wildman–Crippen LogP) is 2.45. The molecule has 0 aromatic carbocycles. The van der Waals surface area contributed by atoms with Crippen LogP contribution in [0.2, 0.25) is 0 Å². The van der Waals surface area contributed by atoms with E-state index in [0.29, 0.717) is 5.76 Å². The normalized spacial score (nSPS) is 9.64. The zero-order valence-corrected chi connectivity index (χ0v) is 9.99. The summed E-state index contributed by atoms with van der Waals surface area (Å²) in [6.45, 7) is 2.72. The van der Waals surface area contributed by atoms with Gasteiger partial charge in [-0.05, 0) is 54.6 Å². The number of hydrogen-bond acceptors (Lipinski definition) is 3. The van der Waals surface area contributed by atoms with Gasteiger partial charge in [0.15, 0.2) is 15.3 Å². The second-order valence-electron chi connectivity index (χ2n) is 2.81. The number of allylic oxidation sites excluding steroid dienone is 1. The van der Waals surface area contributed by atoms with Crippen molar-refractivity contribution in [3.8, 4) is 0 Å². The zero-order valence-electron chi connectivity index (χ0n) is 7.83. The molecule has 0 saturated heterocycles. The summed E-state index contributed by atoms with van der Waals surface area (Å²) in [6, 6.07) is 3.48. The van der Waals surface area contributed by atoms with Crippen molar-refractivity contribution in [2.24, 2.45) is 0 Å². The molecule has 0 spiro atoms. The summed E-state index contributed by atoms with van der Waals surface area (Å²) in [4.78, 5) is 22.1. The van der Waals surface area contributed by atoms with Crippen LogP contribution < -0.4 is 0 Å². The van der Waals surface area contributed by atoms with Crippen LogP contribution in [0.4, 0.5) is 0 Å². The fourth-order valence-electron chi connectivity index (χ4n) is 0.999. The van der Waals surface area contributed by atoms with Gasteiger partial charge in [-0.15, -0.1) is 0 Å². The molecule has 1 rings (SSSR count). The Hall–Kier alpha value is -0.910. The molecule has 0 fully saturated rings. The smallest absolute Gasteiger partial charge is 0.164 e. The van der Waals surface area contributed by atoms with Crippen molar-refractivity contribution in [2.45, 2.75) is 13.8 Å². The third kappa shape index (κ3) is 2.80. The molecule has 14 heavy (non-hydrogen) atoms. The maximum atomic E-state index is 11.1. The van der Waals surface area contributed by atoms with E-state index in [-0.39, 0.29) is 17.1 Å². The van der Waals surface area contributed by atoms with Gasteiger partial charge in [-0.3, -0.25) is 9.59 Å². The fourth-order valence-corrected chi connectivity index (χ4v) is 1.43. The van der Waals surface area contributed by atoms with Crippen molar-refractivity contribution in [3.05, 3.63) is 27.2 Å². The highest BCUT2D eigenvalue weighted by atomic mass is 127. The number of carbonyl (C=O) groups excluding carboxylic acids is 2. The average Bonchev–Trinajstić information content (AvgIpc) is 2.46. The third-order valence-corrected chi connectivity index (χ3v) is 2.22. The predicted molar refractivity (Wildman–Crippen MR) is 60.8 cm³/mol. The highest BCUT2D eigenvalue weighted by Crippen LogP contribution is 2.14. The molecule has 4 heteroatoms. The number of halogens is 1. The van der Waals surface area contributed by atoms with E-state index in [0.717, 1.165) is 3.77 Å². The van der Waals surface area contributed by atoms with Crippen LogP contribution in [0.1, 0.15) is 19.6 Å². The lowest BCUT2D eigenvalue weighted by Crippen LogP contribution is -2.05. The van der Waals surface area contributed by atoms with Crippen LogP contribution in [0.5, 0.6) is 0 Å². The monoisotopic (exact) mass is 304 g/mol. The topological polar surface area (TPSA) is 47.3 Å². The maximum Gasteiger partial charge on any atom is 0.164 e. The highest BCUT2D eigenvalue weighted by molar-refractivity contribution is 14.1. The summed E-state index contributed by atoms with van der Waals surface area (Å²) < 4.78 is 5.94. The second kappa shape index (κ2) is 4.54. The van der Waals surface area contributed by atoms with Gasteiger partial charge in [0.25, 0.3) is 0 Å². The van der Waals surface area contributed by atoms with Gasteiger partial charge in [0.2, 0.25) is 0 Å². The third-order valence-electron chi connectivity index (χ3n) is 1.64. The van der Waals surface area contributed by atoms with E-state index in [1.54, 1.807) is 12.1 Å². The van der Waals surface area contributed by atoms with Crippen LogP contribution in [0.3, 0.4) is 0 Å². The second-order valence-corrected chi connectivity index (χ2v) is 3.88. The van der Waals surface area contributed by atoms with Crippen LogP contribution in [0, 0.1) is 3.77 Å². The van der Waals surface area contributed by atoms with E-state index in [4.69, 9.17) is 4.42 Å². The van der Waals surface area contributed by atoms with Crippen molar-refractivity contribution in [3.63, 3.8) is 0 Å². The highest BCUT2D eigenvalue weighted by Gasteiger charge is 2.10. The Morgan fingerprint density at radius 3 is 2.21 bits per heavy atom. The van der Waals surface area contributed by atoms with Gasteiger partial charge in [-0.1, -0.05) is 0 Å². The van der Waals surface area contributed by atoms with Gasteiger partial charge in [-0.2, -0.15) is 0 Å². The lowest BCUT2D eigenvalue weighted by Gasteiger charge is -1.95. The van der Waals surface area contributed by atoms with Gasteiger partial charge in [-0.25, -0.2) is 0 Å². The number of hydrogen-bond donors (Lipinski definition) is 0. The lowest BCUT2D eigenvalue weighted by molar-refractivity contribution is -0.119. The molecule has 0 bridgehead atoms. The lowest BCUT2D eigenvalue weighted by atomic mass is 10.1. The van der Waals surface area contributed by atoms with Crippen molar-refractivity contribution in [1.82, 2.24) is 0 Å². The van der Waals surface area contributed by atoms with E-state index in [2.05, 4.69) is 0 Å². The Morgan fingerprint density at radius 2 is 1.86 bits per heavy atom. The van der Waals surface area contributed by atoms with Crippen molar-refractivity contribution in [1.29, 1.82) is 0 Å². The first kappa shape index (κ1) is 11.2. The molecule has 0 atom stereocenters. The van der Waals surface area contributed by atoms with E-state index in [9.17, 15) is 9.59 Å². The Labute approximate surface area is 95.3 Å². The maximum absolute atomic E-state index is 11.1. The molecule has 1 heterocycles. The quantitative estimate of drug-likeness (QED) is 0.373. The van der Waals surface area contributed by atoms with Crippen molar-refractivity contribution >= 4 is 40.2 Å². The molecule has 0 aliphatic rings. The minimum absolute atomic E-state index is 0.163. The standard InChI is InChI=1S/C10H9IO3/c1-6(12)9(7(2)13)5-8-3-4-10(11)14-8/h3-5H,1-2H3. The van der Waals surface area contributed by atoms with E-state index >= 15 is 0 Å². The Morgan fingerprint density at radius 1 is 1.29 bits per heavy atom. The van der Waals surface area contributed by atoms with Crippen LogP contribution in [-0.2, 0) is 9.59 Å². The molecular weight excluding hydrogens is 295 g/mol. The van der Waals surface area contributed by atoms with Crippen molar-refractivity contribution in [2.75, 3.05) is 0 Å². The molecule has 3 nitrogen and oxygen atoms in total. The van der Waals surface area contributed by atoms with Gasteiger partial charge in [0.05, 0.1) is 5.57 Å². The van der Waals surface area contributed by atoms with Gasteiger partial charge in [0.1, 0.15) is 5.76 Å². The zero-order chi connectivity index (χ0) is 10.7. The molecule has 0 aliphatic carbocycles. The average molecular weight is 304 g/mol. The molecule has 1 aromatic rings. The summed E-state index contributed by atoms with van der Waals surface area (Å²) in [5.41, 5.74) is 0.163. The summed E-state index contributed by atoms with van der Waals surface area (Å²) in [7, 11) is 0. The first-order valence-electron chi connectivity index (χ1n) is 3.99. The van der Waals surface area contributed by atoms with Crippen LogP contribution in [0.15, 0.2) is 22.1 Å². The molecule has 1 aromatic heterocycles. The number of Topliss-reactive ketones (excluding diaryl/α,β-unsaturated/α-hetero) is 2. The Bertz CT molecular complexity index is 385. The van der Waals surface area contributed by atoms with E-state index in [1.807, 2.05) is 22.6 Å². The Kier molecular flexibility index (Phi) is 3.62. The van der Waals surface area contributed by atoms with Crippen molar-refractivity contribution < 1.29 is 14.0 Å². The number of ketones is 2. The first-order chi connectivity index (χ1) is 6.50. The van der Waals surface area contributed by atoms with Gasteiger partial charge < -0.3 is 4.42 Å². The summed E-state index contributed by atoms with van der Waals surface area (Å²) in [6.07, 6.45) is 1.47. The molecule has 0 N–H and O–H groups in total. The number of carbonyl (C=O) groups is 2. The summed E-state index contributed by atoms with van der Waals surface area (Å²) in [5, 5.41) is 0. The van der Waals surface area contributed by atoms with E-state index < -0.39 is 0 Å². The molecule has 74 valence electrons. The van der Waals surface area contributed by atoms with Gasteiger partial charge in [0, 0.05) is 0 Å². The first-order valence-corrected chi connectivity index (χ1v) is 5.07. The Balaban J connectivity index is 3.05. The number of furan rings is 1. The van der Waals surface area contributed by atoms with Crippen LogP contribution in [0.25, 0.3) is 6.08 Å². The summed E-state index contributed by atoms with van der Waals surface area (Å²) >= 11 is 2.02. The molecule has 0 saturated carbocycles. The molecular formula is C10H9IO3. The van der Waals surface area contributed by atoms with E-state index in [1.165, 1.54) is 19.9 Å².